The van der Waals surface area contributed by atoms with E-state index in [1.54, 1.807) is 38.5 Å². The summed E-state index contributed by atoms with van der Waals surface area (Å²) in [6, 6.07) is 0. The largest absolute Gasteiger partial charge is 0.121 e. The topological polar surface area (TPSA) is 0 Å². The van der Waals surface area contributed by atoms with Gasteiger partial charge in [0.25, 0.3) is 0 Å². The molecule has 0 heterocycles. The highest BCUT2D eigenvalue weighted by Crippen LogP contribution is 2.60. The molecule has 0 nitrogen and oxygen atoms in total. The van der Waals surface area contributed by atoms with Crippen LogP contribution in [0.15, 0.2) is 0 Å². The Morgan fingerprint density at radius 3 is 1.27 bits per heavy atom. The third-order valence-electron chi connectivity index (χ3n) is 8.10. The zero-order chi connectivity index (χ0) is 14.9. The molecule has 2 heteroatoms. The Bertz CT molecular complexity index is 374. The van der Waals surface area contributed by atoms with Crippen molar-refractivity contribution in [2.24, 2.45) is 41.4 Å². The van der Waals surface area contributed by atoms with Gasteiger partial charge in [-0.25, -0.2) is 0 Å². The van der Waals surface area contributed by atoms with Crippen LogP contribution in [0.2, 0.25) is 0 Å². The molecule has 0 aromatic carbocycles. The smallest absolute Gasteiger partial charge is 0.0617 e. The zero-order valence-corrected chi connectivity index (χ0v) is 15.2. The molecule has 0 aromatic rings. The molecule has 8 saturated carbocycles. The van der Waals surface area contributed by atoms with Gasteiger partial charge in [-0.3, -0.25) is 0 Å². The molecule has 0 aliphatic heterocycles. The van der Waals surface area contributed by atoms with E-state index in [2.05, 4.69) is 0 Å². The van der Waals surface area contributed by atoms with E-state index in [0.29, 0.717) is 0 Å². The number of alkyl halides is 2. The van der Waals surface area contributed by atoms with E-state index in [1.807, 2.05) is 0 Å². The van der Waals surface area contributed by atoms with Crippen molar-refractivity contribution >= 4 is 23.2 Å². The van der Waals surface area contributed by atoms with Gasteiger partial charge in [0.15, 0.2) is 0 Å². The minimum atomic E-state index is -0.00367. The second-order valence-corrected chi connectivity index (χ2v) is 11.1. The SMILES string of the molecule is C1C2CC3CC1CC(C2)C3.ClC1C2CC3CC(C2)CC1(Cl)C3. The maximum atomic E-state index is 6.55. The minimum Gasteiger partial charge on any atom is -0.121 e. The molecule has 0 radical (unpaired) electrons. The summed E-state index contributed by atoms with van der Waals surface area (Å²) in [5.74, 6) is 7.28. The molecule has 0 aromatic heterocycles. The molecule has 22 heavy (non-hydrogen) atoms. The fraction of sp³-hybridized carbons (Fsp3) is 1.00. The zero-order valence-electron chi connectivity index (χ0n) is 13.7. The number of rotatable bonds is 0. The average Bonchev–Trinajstić information content (AvgIpc) is 2.43. The Morgan fingerprint density at radius 1 is 0.545 bits per heavy atom. The van der Waals surface area contributed by atoms with Crippen molar-refractivity contribution in [3.05, 3.63) is 0 Å². The fourth-order valence-corrected chi connectivity index (χ4v) is 8.86. The van der Waals surface area contributed by atoms with Crippen molar-refractivity contribution in [2.45, 2.75) is 80.9 Å². The van der Waals surface area contributed by atoms with Crippen molar-refractivity contribution in [3.8, 4) is 0 Å². The van der Waals surface area contributed by atoms with Crippen molar-refractivity contribution in [1.82, 2.24) is 0 Å². The quantitative estimate of drug-likeness (QED) is 0.457. The van der Waals surface area contributed by atoms with Gasteiger partial charge >= 0.3 is 0 Å². The van der Waals surface area contributed by atoms with Crippen molar-refractivity contribution in [2.75, 3.05) is 0 Å². The van der Waals surface area contributed by atoms with Crippen LogP contribution < -0.4 is 0 Å². The average molecular weight is 341 g/mol. The Balaban J connectivity index is 0.000000104. The predicted octanol–water partition coefficient (Wildman–Crippen LogP) is 6.24. The molecule has 8 fully saturated rings. The summed E-state index contributed by atoms with van der Waals surface area (Å²) < 4.78 is 0. The van der Waals surface area contributed by atoms with Crippen LogP contribution in [0.4, 0.5) is 0 Å². The van der Waals surface area contributed by atoms with Crippen molar-refractivity contribution in [1.29, 1.82) is 0 Å². The van der Waals surface area contributed by atoms with Gasteiger partial charge in [-0.2, -0.15) is 0 Å². The first-order valence-corrected chi connectivity index (χ1v) is 10.7. The standard InChI is InChI=1S/C10H14Cl2.C10H16/c11-9-8-2-6-1-7(3-8)5-10(9,12)4-6;1-7-2-9-4-8(1)5-10(3-7)6-9/h6-9H,1-5H2;7-10H,1-6H2. The molecule has 8 bridgehead atoms. The Kier molecular flexibility index (Phi) is 3.58. The van der Waals surface area contributed by atoms with Gasteiger partial charge < -0.3 is 0 Å². The highest BCUT2D eigenvalue weighted by molar-refractivity contribution is 6.33. The van der Waals surface area contributed by atoms with E-state index in [-0.39, 0.29) is 10.3 Å². The first-order chi connectivity index (χ1) is 10.6. The van der Waals surface area contributed by atoms with E-state index in [9.17, 15) is 0 Å². The van der Waals surface area contributed by atoms with Crippen LogP contribution in [0.25, 0.3) is 0 Å². The van der Waals surface area contributed by atoms with Gasteiger partial charge in [-0.1, -0.05) is 0 Å². The summed E-state index contributed by atoms with van der Waals surface area (Å²) in [5, 5.41) is 0.270. The van der Waals surface area contributed by atoms with E-state index < -0.39 is 0 Å². The third kappa shape index (κ3) is 2.46. The van der Waals surface area contributed by atoms with Gasteiger partial charge in [-0.15, -0.1) is 23.2 Å². The van der Waals surface area contributed by atoms with Crippen LogP contribution in [0.3, 0.4) is 0 Å². The molecule has 8 aliphatic rings. The molecule has 0 spiro atoms. The predicted molar refractivity (Wildman–Crippen MR) is 93.4 cm³/mol. The van der Waals surface area contributed by atoms with Crippen molar-refractivity contribution in [3.63, 3.8) is 0 Å². The van der Waals surface area contributed by atoms with E-state index in [1.165, 1.54) is 55.8 Å². The Morgan fingerprint density at radius 2 is 0.909 bits per heavy atom. The monoisotopic (exact) mass is 340 g/mol. The Hall–Kier alpha value is 0.580. The van der Waals surface area contributed by atoms with Crippen molar-refractivity contribution < 1.29 is 0 Å². The number of hydrogen-bond acceptors (Lipinski definition) is 0. The van der Waals surface area contributed by atoms with Gasteiger partial charge in [0.2, 0.25) is 0 Å². The molecular formula is C20H30Cl2. The van der Waals surface area contributed by atoms with Crippen LogP contribution in [0.1, 0.15) is 70.6 Å². The first kappa shape index (κ1) is 14.9. The summed E-state index contributed by atoms with van der Waals surface area (Å²) >= 11 is 12.9. The summed E-state index contributed by atoms with van der Waals surface area (Å²) in [5.41, 5.74) is 0. The summed E-state index contributed by atoms with van der Waals surface area (Å²) in [7, 11) is 0. The molecular weight excluding hydrogens is 311 g/mol. The molecule has 3 atom stereocenters. The number of halogens is 2. The van der Waals surface area contributed by atoms with Crippen LogP contribution in [0.5, 0.6) is 0 Å². The maximum Gasteiger partial charge on any atom is 0.0617 e. The molecule has 8 rings (SSSR count). The fourth-order valence-electron chi connectivity index (χ4n) is 7.86. The Labute approximate surface area is 145 Å². The van der Waals surface area contributed by atoms with Gasteiger partial charge in [0.05, 0.1) is 10.3 Å². The van der Waals surface area contributed by atoms with E-state index >= 15 is 0 Å². The molecule has 0 N–H and O–H groups in total. The first-order valence-electron chi connectivity index (χ1n) is 9.90. The highest BCUT2D eigenvalue weighted by Gasteiger charge is 2.55. The highest BCUT2D eigenvalue weighted by atomic mass is 35.5. The van der Waals surface area contributed by atoms with Crippen LogP contribution in [0, 0.1) is 41.4 Å². The second kappa shape index (κ2) is 5.29. The lowest BCUT2D eigenvalue weighted by Crippen LogP contribution is -2.55. The molecule has 0 amide bonds. The van der Waals surface area contributed by atoms with E-state index in [0.717, 1.165) is 17.8 Å². The summed E-state index contributed by atoms with van der Waals surface area (Å²) in [6.45, 7) is 0. The van der Waals surface area contributed by atoms with E-state index in [4.69, 9.17) is 23.2 Å². The van der Waals surface area contributed by atoms with Crippen LogP contribution >= 0.6 is 23.2 Å². The maximum absolute atomic E-state index is 6.55. The minimum absolute atomic E-state index is 0.00367. The molecule has 8 aliphatic carbocycles. The molecule has 124 valence electrons. The molecule has 0 saturated heterocycles. The lowest BCUT2D eigenvalue weighted by Gasteiger charge is -2.56. The normalized spacial score (nSPS) is 60.3. The summed E-state index contributed by atoms with van der Waals surface area (Å²) in [4.78, 5) is -0.00367. The lowest BCUT2D eigenvalue weighted by atomic mass is 9.55. The van der Waals surface area contributed by atoms with Gasteiger partial charge in [-0.05, 0) is 112 Å². The number of hydrogen-bond donors (Lipinski definition) is 0. The third-order valence-corrected chi connectivity index (χ3v) is 9.53. The second-order valence-electron chi connectivity index (χ2n) is 9.92. The summed E-state index contributed by atoms with van der Waals surface area (Å²) in [6.07, 6.45) is 16.2. The van der Waals surface area contributed by atoms with Crippen LogP contribution in [-0.4, -0.2) is 10.3 Å². The van der Waals surface area contributed by atoms with Gasteiger partial charge in [0, 0.05) is 0 Å². The van der Waals surface area contributed by atoms with Gasteiger partial charge in [0.1, 0.15) is 0 Å². The lowest BCUT2D eigenvalue weighted by molar-refractivity contribution is 0.0198. The molecule has 3 unspecified atom stereocenters. The van der Waals surface area contributed by atoms with Crippen LogP contribution in [-0.2, 0) is 0 Å².